The number of aliphatic hydroxyl groups excluding tert-OH is 2. The standard InChI is InChI=1S/C10H16N2O2.H2O4S.H2O/c11-9-1-3-10(4-2-9)12(5-7-13)6-8-14;1-5(2,3)4;/h1-4,13-14H,5-8,11H2;(H2,1,2,3,4);1H2. The maximum Gasteiger partial charge on any atom is 0.394 e. The molecule has 0 fully saturated rings. The van der Waals surface area contributed by atoms with Crippen LogP contribution < -0.4 is 10.6 Å². The third-order valence-corrected chi connectivity index (χ3v) is 2.00. The molecule has 0 heterocycles. The van der Waals surface area contributed by atoms with Crippen LogP contribution in [0.15, 0.2) is 24.3 Å². The van der Waals surface area contributed by atoms with E-state index in [4.69, 9.17) is 33.5 Å². The topological polar surface area (TPSA) is 176 Å². The molecule has 0 saturated heterocycles. The summed E-state index contributed by atoms with van der Waals surface area (Å²) in [5, 5.41) is 17.7. The van der Waals surface area contributed by atoms with Crippen LogP contribution in [-0.2, 0) is 10.4 Å². The average molecular weight is 312 g/mol. The number of nitrogens with two attached hydrogens (primary N) is 1. The van der Waals surface area contributed by atoms with E-state index in [0.29, 0.717) is 18.8 Å². The van der Waals surface area contributed by atoms with E-state index in [2.05, 4.69) is 0 Å². The number of rotatable bonds is 5. The summed E-state index contributed by atoms with van der Waals surface area (Å²) in [5.74, 6) is 0. The summed E-state index contributed by atoms with van der Waals surface area (Å²) in [5.41, 5.74) is 7.23. The van der Waals surface area contributed by atoms with Crippen molar-refractivity contribution < 1.29 is 33.2 Å². The van der Waals surface area contributed by atoms with Crippen LogP contribution in [0.5, 0.6) is 0 Å². The number of hydrogen-bond donors (Lipinski definition) is 5. The Morgan fingerprint density at radius 1 is 1.00 bits per heavy atom. The fraction of sp³-hybridized carbons (Fsp3) is 0.400. The molecule has 0 aliphatic carbocycles. The van der Waals surface area contributed by atoms with Crippen molar-refractivity contribution in [1.29, 1.82) is 0 Å². The molecule has 1 aromatic rings. The Morgan fingerprint density at radius 3 is 1.65 bits per heavy atom. The number of benzene rings is 1. The second-order valence-electron chi connectivity index (χ2n) is 3.47. The molecule has 118 valence electrons. The van der Waals surface area contributed by atoms with Gasteiger partial charge >= 0.3 is 10.4 Å². The third kappa shape index (κ3) is 11.6. The van der Waals surface area contributed by atoms with Crippen molar-refractivity contribution in [3.05, 3.63) is 24.3 Å². The number of nitrogen functional groups attached to an aromatic ring is 1. The third-order valence-electron chi connectivity index (χ3n) is 2.00. The van der Waals surface area contributed by atoms with E-state index in [1.165, 1.54) is 0 Å². The summed E-state index contributed by atoms with van der Waals surface area (Å²) in [6.07, 6.45) is 0. The van der Waals surface area contributed by atoms with E-state index in [0.717, 1.165) is 5.69 Å². The summed E-state index contributed by atoms with van der Waals surface area (Å²) in [6.45, 7) is 1.18. The number of hydrogen-bond acceptors (Lipinski definition) is 6. The normalized spacial score (nSPS) is 10.0. The lowest BCUT2D eigenvalue weighted by atomic mass is 10.2. The van der Waals surface area contributed by atoms with Gasteiger partial charge in [0.25, 0.3) is 0 Å². The van der Waals surface area contributed by atoms with Crippen LogP contribution in [0.25, 0.3) is 0 Å². The maximum absolute atomic E-state index is 8.83. The molecule has 1 aromatic carbocycles. The lowest BCUT2D eigenvalue weighted by Crippen LogP contribution is -2.29. The molecular formula is C10H20N2O7S. The van der Waals surface area contributed by atoms with E-state index in [1.807, 2.05) is 17.0 Å². The van der Waals surface area contributed by atoms with Gasteiger partial charge in [0.05, 0.1) is 13.2 Å². The molecule has 8 N–H and O–H groups in total. The fourth-order valence-electron chi connectivity index (χ4n) is 1.30. The Hall–Kier alpha value is -1.43. The van der Waals surface area contributed by atoms with E-state index in [-0.39, 0.29) is 18.7 Å². The zero-order valence-electron chi connectivity index (χ0n) is 10.7. The first-order valence-electron chi connectivity index (χ1n) is 5.30. The number of nitrogens with zero attached hydrogens (tertiary/aromatic N) is 1. The van der Waals surface area contributed by atoms with Crippen LogP contribution in [-0.4, -0.2) is 59.5 Å². The van der Waals surface area contributed by atoms with Crippen molar-refractivity contribution >= 4 is 21.8 Å². The van der Waals surface area contributed by atoms with Gasteiger partial charge in [-0.1, -0.05) is 0 Å². The Morgan fingerprint density at radius 2 is 1.35 bits per heavy atom. The minimum absolute atomic E-state index is 0. The molecule has 0 radical (unpaired) electrons. The second kappa shape index (κ2) is 10.4. The minimum atomic E-state index is -4.67. The summed E-state index contributed by atoms with van der Waals surface area (Å²) in [6, 6.07) is 7.36. The first-order valence-corrected chi connectivity index (χ1v) is 6.69. The lowest BCUT2D eigenvalue weighted by molar-refractivity contribution is 0.281. The highest BCUT2D eigenvalue weighted by Gasteiger charge is 2.03. The van der Waals surface area contributed by atoms with Gasteiger partial charge in [0.15, 0.2) is 0 Å². The fourth-order valence-corrected chi connectivity index (χ4v) is 1.30. The highest BCUT2D eigenvalue weighted by atomic mass is 32.3. The predicted molar refractivity (Wildman–Crippen MR) is 75.0 cm³/mol. The smallest absolute Gasteiger partial charge is 0.394 e. The highest BCUT2D eigenvalue weighted by molar-refractivity contribution is 7.79. The largest absolute Gasteiger partial charge is 0.412 e. The minimum Gasteiger partial charge on any atom is -0.412 e. The zero-order valence-corrected chi connectivity index (χ0v) is 11.5. The Labute approximate surface area is 117 Å². The van der Waals surface area contributed by atoms with Crippen molar-refractivity contribution in [1.82, 2.24) is 0 Å². The Balaban J connectivity index is 0. The summed E-state index contributed by atoms with van der Waals surface area (Å²) in [4.78, 5) is 1.90. The first kappa shape index (κ1) is 20.9. The van der Waals surface area contributed by atoms with Crippen molar-refractivity contribution in [3.63, 3.8) is 0 Å². The quantitative estimate of drug-likeness (QED) is 0.325. The SMILES string of the molecule is Nc1ccc(N(CCO)CCO)cc1.O.O=S(=O)(O)O. The van der Waals surface area contributed by atoms with E-state index in [9.17, 15) is 0 Å². The summed E-state index contributed by atoms with van der Waals surface area (Å²) >= 11 is 0. The van der Waals surface area contributed by atoms with Crippen LogP contribution in [0.3, 0.4) is 0 Å². The van der Waals surface area contributed by atoms with E-state index < -0.39 is 10.4 Å². The molecule has 0 atom stereocenters. The van der Waals surface area contributed by atoms with E-state index in [1.54, 1.807) is 12.1 Å². The maximum atomic E-state index is 8.83. The number of aliphatic hydroxyl groups is 2. The molecule has 0 aliphatic rings. The van der Waals surface area contributed by atoms with Crippen molar-refractivity contribution in [2.45, 2.75) is 0 Å². The van der Waals surface area contributed by atoms with Gasteiger partial charge in [-0.25, -0.2) is 0 Å². The van der Waals surface area contributed by atoms with Gasteiger partial charge in [0, 0.05) is 24.5 Å². The Bertz CT molecular complexity index is 435. The van der Waals surface area contributed by atoms with Crippen LogP contribution >= 0.6 is 0 Å². The van der Waals surface area contributed by atoms with Gasteiger partial charge in [0.1, 0.15) is 0 Å². The average Bonchev–Trinajstić information content (AvgIpc) is 2.28. The van der Waals surface area contributed by atoms with E-state index >= 15 is 0 Å². The molecule has 0 saturated carbocycles. The molecule has 0 unspecified atom stereocenters. The van der Waals surface area contributed by atoms with Crippen molar-refractivity contribution in [3.8, 4) is 0 Å². The second-order valence-corrected chi connectivity index (χ2v) is 4.37. The lowest BCUT2D eigenvalue weighted by Gasteiger charge is -2.22. The first-order chi connectivity index (χ1) is 8.77. The van der Waals surface area contributed by atoms with Gasteiger partial charge < -0.3 is 26.3 Å². The molecular weight excluding hydrogens is 292 g/mol. The number of anilines is 2. The van der Waals surface area contributed by atoms with Crippen LogP contribution in [0, 0.1) is 0 Å². The van der Waals surface area contributed by atoms with Gasteiger partial charge in [-0.15, -0.1) is 0 Å². The van der Waals surface area contributed by atoms with Crippen LogP contribution in [0.4, 0.5) is 11.4 Å². The van der Waals surface area contributed by atoms with Gasteiger partial charge in [-0.3, -0.25) is 9.11 Å². The molecule has 1 rings (SSSR count). The monoisotopic (exact) mass is 312 g/mol. The molecule has 9 nitrogen and oxygen atoms in total. The van der Waals surface area contributed by atoms with Crippen LogP contribution in [0.2, 0.25) is 0 Å². The molecule has 20 heavy (non-hydrogen) atoms. The molecule has 0 aromatic heterocycles. The van der Waals surface area contributed by atoms with Crippen molar-refractivity contribution in [2.75, 3.05) is 36.9 Å². The highest BCUT2D eigenvalue weighted by Crippen LogP contribution is 2.15. The molecule has 0 spiro atoms. The summed E-state index contributed by atoms with van der Waals surface area (Å²) in [7, 11) is -4.67. The molecule has 0 bridgehead atoms. The Kier molecular flexibility index (Phi) is 10.8. The van der Waals surface area contributed by atoms with Gasteiger partial charge in [-0.05, 0) is 24.3 Å². The molecule has 0 aliphatic heterocycles. The summed E-state index contributed by atoms with van der Waals surface area (Å²) < 4.78 is 31.6. The molecule has 0 amide bonds. The zero-order chi connectivity index (χ0) is 14.9. The van der Waals surface area contributed by atoms with Crippen LogP contribution in [0.1, 0.15) is 0 Å². The van der Waals surface area contributed by atoms with Crippen molar-refractivity contribution in [2.24, 2.45) is 0 Å². The van der Waals surface area contributed by atoms with Gasteiger partial charge in [0.2, 0.25) is 0 Å². The predicted octanol–water partition coefficient (Wildman–Crippen LogP) is -1.42. The van der Waals surface area contributed by atoms with Gasteiger partial charge in [-0.2, -0.15) is 8.42 Å². The molecule has 10 heteroatoms.